The second kappa shape index (κ2) is 17.3. The van der Waals surface area contributed by atoms with E-state index >= 15 is 0 Å². The van der Waals surface area contributed by atoms with E-state index in [4.69, 9.17) is 10.5 Å². The van der Waals surface area contributed by atoms with E-state index < -0.39 is 34.9 Å². The van der Waals surface area contributed by atoms with Crippen LogP contribution in [0.1, 0.15) is 59.1 Å². The Morgan fingerprint density at radius 2 is 1.60 bits per heavy atom. The summed E-state index contributed by atoms with van der Waals surface area (Å²) in [5.41, 5.74) is 12.0. The summed E-state index contributed by atoms with van der Waals surface area (Å²) < 4.78 is 4.83. The lowest BCUT2D eigenvalue weighted by Crippen LogP contribution is -2.55. The van der Waals surface area contributed by atoms with Crippen LogP contribution in [-0.4, -0.2) is 64.7 Å². The number of nitrogens with zero attached hydrogens (tertiary/aromatic N) is 2. The Hall–Kier alpha value is -3.96. The zero-order valence-corrected chi connectivity index (χ0v) is 28.5. The van der Waals surface area contributed by atoms with Crippen molar-refractivity contribution in [2.75, 3.05) is 13.3 Å². The Bertz CT molecular complexity index is 1410. The quantitative estimate of drug-likeness (QED) is 0.0732. The lowest BCUT2D eigenvalue weighted by Gasteiger charge is -2.34. The second-order valence-electron chi connectivity index (χ2n) is 14.2. The molecule has 1 aromatic heterocycles. The highest BCUT2D eigenvalue weighted by atomic mass is 16.5. The SMILES string of the molecule is CC(C)(C)[C@H](N)C(=O)NN(Cc1ccc(-c2ccccn2)cc1)C[C@H](O)[C@@H](CC(=O)[C@@H](NCOC=O)C(C)(C)C)Cc1ccccc1. The van der Waals surface area contributed by atoms with Gasteiger partial charge in [-0.25, -0.2) is 5.01 Å². The third-order valence-corrected chi connectivity index (χ3v) is 8.15. The minimum atomic E-state index is -0.995. The van der Waals surface area contributed by atoms with Crippen LogP contribution in [0.25, 0.3) is 11.3 Å². The van der Waals surface area contributed by atoms with Crippen LogP contribution in [0.5, 0.6) is 0 Å². The Kier molecular flexibility index (Phi) is 13.8. The second-order valence-corrected chi connectivity index (χ2v) is 14.2. The number of hydrogen-bond donors (Lipinski definition) is 4. The predicted molar refractivity (Wildman–Crippen MR) is 183 cm³/mol. The minimum absolute atomic E-state index is 0.0528. The van der Waals surface area contributed by atoms with Gasteiger partial charge < -0.3 is 15.6 Å². The number of rotatable bonds is 17. The first-order valence-corrected chi connectivity index (χ1v) is 16.0. The number of carbonyl (C=O) groups excluding carboxylic acids is 3. The molecule has 0 radical (unpaired) electrons. The first-order valence-electron chi connectivity index (χ1n) is 16.0. The Labute approximate surface area is 279 Å². The van der Waals surface area contributed by atoms with Crippen LogP contribution in [0, 0.1) is 16.7 Å². The van der Waals surface area contributed by atoms with E-state index in [0.717, 1.165) is 22.4 Å². The number of amides is 1. The van der Waals surface area contributed by atoms with Crippen LogP contribution in [0.3, 0.4) is 0 Å². The third kappa shape index (κ3) is 12.0. The fourth-order valence-electron chi connectivity index (χ4n) is 5.38. The molecule has 10 nitrogen and oxygen atoms in total. The van der Waals surface area contributed by atoms with Gasteiger partial charge in [-0.2, -0.15) is 0 Å². The summed E-state index contributed by atoms with van der Waals surface area (Å²) in [5, 5.41) is 16.5. The maximum absolute atomic E-state index is 13.8. The van der Waals surface area contributed by atoms with Crippen molar-refractivity contribution in [3.05, 3.63) is 90.1 Å². The number of Topliss-reactive ketones (excluding diaryl/α,β-unsaturated/α-hetero) is 1. The van der Waals surface area contributed by atoms with Gasteiger partial charge in [-0.1, -0.05) is 102 Å². The van der Waals surface area contributed by atoms with E-state index in [-0.39, 0.29) is 31.4 Å². The van der Waals surface area contributed by atoms with Crippen LogP contribution in [0.15, 0.2) is 79.0 Å². The number of aliphatic hydroxyl groups excluding tert-OH is 1. The van der Waals surface area contributed by atoms with Crippen LogP contribution in [-0.2, 0) is 32.1 Å². The van der Waals surface area contributed by atoms with Crippen molar-refractivity contribution in [3.63, 3.8) is 0 Å². The number of ether oxygens (including phenoxy) is 1. The minimum Gasteiger partial charge on any atom is -0.452 e. The van der Waals surface area contributed by atoms with E-state index in [2.05, 4.69) is 15.7 Å². The summed E-state index contributed by atoms with van der Waals surface area (Å²) in [6.45, 7) is 12.1. The molecule has 0 bridgehead atoms. The molecule has 1 amide bonds. The maximum atomic E-state index is 13.8. The van der Waals surface area contributed by atoms with E-state index in [1.807, 2.05) is 114 Å². The number of ketones is 1. The molecule has 5 N–H and O–H groups in total. The molecule has 0 spiro atoms. The van der Waals surface area contributed by atoms with Crippen molar-refractivity contribution in [1.82, 2.24) is 20.7 Å². The van der Waals surface area contributed by atoms with Gasteiger partial charge in [0.25, 0.3) is 12.4 Å². The topological polar surface area (TPSA) is 147 Å². The van der Waals surface area contributed by atoms with Crippen molar-refractivity contribution >= 4 is 18.2 Å². The van der Waals surface area contributed by atoms with E-state index in [0.29, 0.717) is 19.4 Å². The summed E-state index contributed by atoms with van der Waals surface area (Å²) in [6.07, 6.45) is 1.26. The third-order valence-electron chi connectivity index (χ3n) is 8.15. The molecule has 0 fully saturated rings. The normalized spacial score (nSPS) is 14.6. The van der Waals surface area contributed by atoms with Crippen LogP contribution >= 0.6 is 0 Å². The molecule has 0 saturated carbocycles. The van der Waals surface area contributed by atoms with Crippen molar-refractivity contribution in [2.45, 2.75) is 79.1 Å². The van der Waals surface area contributed by atoms with Gasteiger partial charge >= 0.3 is 0 Å². The summed E-state index contributed by atoms with van der Waals surface area (Å²) in [7, 11) is 0. The molecule has 10 heteroatoms. The summed E-state index contributed by atoms with van der Waals surface area (Å²) >= 11 is 0. The van der Waals surface area contributed by atoms with E-state index in [1.165, 1.54) is 0 Å². The van der Waals surface area contributed by atoms with Gasteiger partial charge in [-0.15, -0.1) is 0 Å². The largest absolute Gasteiger partial charge is 0.452 e. The standard InChI is InChI=1S/C37H51N5O5/c1-36(2,3)33(38)35(46)41-42(22-27-15-17-28(18-16-27)30-14-10-11-19-39-30)23-32(45)29(20-26-12-8-7-9-13-26)21-31(44)34(37(4,5)6)40-24-47-25-43/h7-19,25,29,32-34,40,45H,20-24,38H2,1-6H3,(H,41,46)/t29-,32+,33-,34-/m1/s1. The summed E-state index contributed by atoms with van der Waals surface area (Å²) in [6, 6.07) is 21.9. The fourth-order valence-corrected chi connectivity index (χ4v) is 5.38. The smallest absolute Gasteiger partial charge is 0.294 e. The molecule has 2 aromatic carbocycles. The first-order chi connectivity index (χ1) is 22.2. The highest BCUT2D eigenvalue weighted by Gasteiger charge is 2.35. The van der Waals surface area contributed by atoms with Gasteiger partial charge in [0, 0.05) is 31.3 Å². The van der Waals surface area contributed by atoms with Gasteiger partial charge in [-0.3, -0.25) is 30.1 Å². The van der Waals surface area contributed by atoms with Crippen molar-refractivity contribution in [2.24, 2.45) is 22.5 Å². The molecule has 3 rings (SSSR count). The monoisotopic (exact) mass is 645 g/mol. The number of nitrogens with two attached hydrogens (primary N) is 1. The van der Waals surface area contributed by atoms with Crippen LogP contribution in [0.2, 0.25) is 0 Å². The summed E-state index contributed by atoms with van der Waals surface area (Å²) in [4.78, 5) is 42.2. The fraction of sp³-hybridized carbons (Fsp3) is 0.459. The van der Waals surface area contributed by atoms with Crippen molar-refractivity contribution in [3.8, 4) is 11.3 Å². The number of carbonyl (C=O) groups is 3. The molecular weight excluding hydrogens is 594 g/mol. The molecule has 0 unspecified atom stereocenters. The zero-order chi connectivity index (χ0) is 34.6. The molecule has 3 aromatic rings. The zero-order valence-electron chi connectivity index (χ0n) is 28.5. The van der Waals surface area contributed by atoms with Crippen molar-refractivity contribution in [1.29, 1.82) is 0 Å². The Balaban J connectivity index is 1.88. The van der Waals surface area contributed by atoms with Gasteiger partial charge in [0.2, 0.25) is 0 Å². The average molecular weight is 646 g/mol. The lowest BCUT2D eigenvalue weighted by atomic mass is 9.79. The van der Waals surface area contributed by atoms with Crippen molar-refractivity contribution < 1.29 is 24.2 Å². The highest BCUT2D eigenvalue weighted by Crippen LogP contribution is 2.26. The Morgan fingerprint density at radius 3 is 2.17 bits per heavy atom. The number of benzene rings is 2. The highest BCUT2D eigenvalue weighted by molar-refractivity contribution is 5.85. The average Bonchev–Trinajstić information content (AvgIpc) is 3.02. The number of aromatic nitrogens is 1. The number of hydrogen-bond acceptors (Lipinski definition) is 9. The number of pyridine rings is 1. The number of aliphatic hydroxyl groups is 1. The lowest BCUT2D eigenvalue weighted by molar-refractivity contribution is -0.133. The molecule has 0 aliphatic carbocycles. The van der Waals surface area contributed by atoms with Gasteiger partial charge in [0.15, 0.2) is 5.78 Å². The maximum Gasteiger partial charge on any atom is 0.294 e. The molecular formula is C37H51N5O5. The molecule has 254 valence electrons. The number of hydrazine groups is 1. The predicted octanol–water partition coefficient (Wildman–Crippen LogP) is 4.27. The molecule has 4 atom stereocenters. The van der Waals surface area contributed by atoms with Crippen LogP contribution in [0.4, 0.5) is 0 Å². The van der Waals surface area contributed by atoms with E-state index in [1.54, 1.807) is 11.2 Å². The molecule has 47 heavy (non-hydrogen) atoms. The van der Waals surface area contributed by atoms with Crippen LogP contribution < -0.4 is 16.5 Å². The van der Waals surface area contributed by atoms with Gasteiger partial charge in [-0.05, 0) is 46.4 Å². The molecule has 0 saturated heterocycles. The van der Waals surface area contributed by atoms with Gasteiger partial charge in [0.05, 0.1) is 23.9 Å². The Morgan fingerprint density at radius 1 is 0.936 bits per heavy atom. The number of nitrogens with one attached hydrogen (secondary N) is 2. The van der Waals surface area contributed by atoms with Gasteiger partial charge in [0.1, 0.15) is 6.73 Å². The molecule has 0 aliphatic rings. The summed E-state index contributed by atoms with van der Waals surface area (Å²) in [5.74, 6) is -0.953. The molecule has 0 aliphatic heterocycles. The van der Waals surface area contributed by atoms with E-state index in [9.17, 15) is 19.5 Å². The first kappa shape index (κ1) is 37.5. The molecule has 1 heterocycles.